The lowest BCUT2D eigenvalue weighted by Crippen LogP contribution is -2.31. The van der Waals surface area contributed by atoms with Crippen LogP contribution in [0, 0.1) is 12.8 Å². The summed E-state index contributed by atoms with van der Waals surface area (Å²) < 4.78 is 11.6. The van der Waals surface area contributed by atoms with Crippen molar-refractivity contribution in [2.24, 2.45) is 5.92 Å². The fraction of sp³-hybridized carbons (Fsp3) is 0.593. The highest BCUT2D eigenvalue weighted by Gasteiger charge is 2.15. The summed E-state index contributed by atoms with van der Waals surface area (Å²) in [5, 5.41) is 4.99. The van der Waals surface area contributed by atoms with Gasteiger partial charge in [-0.05, 0) is 50.7 Å². The van der Waals surface area contributed by atoms with Gasteiger partial charge in [0, 0.05) is 31.3 Å². The number of nitrogens with zero attached hydrogens (tertiary/aromatic N) is 2. The average molecular weight is 506 g/mol. The lowest BCUT2D eigenvalue weighted by atomic mass is 10.1. The van der Waals surface area contributed by atoms with Crippen LogP contribution in [0.2, 0.25) is 0 Å². The number of hydrogen-bond donors (Lipinski definition) is 1. The van der Waals surface area contributed by atoms with Crippen molar-refractivity contribution >= 4 is 28.8 Å². The van der Waals surface area contributed by atoms with Gasteiger partial charge in [0.2, 0.25) is 12.3 Å². The van der Waals surface area contributed by atoms with Gasteiger partial charge in [-0.25, -0.2) is 4.98 Å². The van der Waals surface area contributed by atoms with E-state index in [1.165, 1.54) is 11.3 Å². The van der Waals surface area contributed by atoms with Gasteiger partial charge in [0.1, 0.15) is 5.76 Å². The third kappa shape index (κ3) is 12.1. The highest BCUT2D eigenvalue weighted by molar-refractivity contribution is 7.13. The van der Waals surface area contributed by atoms with Gasteiger partial charge < -0.3 is 19.7 Å². The average Bonchev–Trinajstić information content (AvgIpc) is 3.15. The molecule has 0 saturated carbocycles. The second-order valence-corrected chi connectivity index (χ2v) is 9.41. The fourth-order valence-electron chi connectivity index (χ4n) is 3.59. The van der Waals surface area contributed by atoms with Crippen LogP contribution in [0.25, 0.3) is 0 Å². The largest absolute Gasteiger partial charge is 0.497 e. The zero-order chi connectivity index (χ0) is 26.1. The number of aryl methyl sites for hydroxylation is 1. The van der Waals surface area contributed by atoms with Gasteiger partial charge in [-0.3, -0.25) is 9.59 Å². The van der Waals surface area contributed by atoms with Crippen LogP contribution in [0.15, 0.2) is 40.7 Å². The number of thiazole rings is 1. The number of carbonyl (C=O) groups excluding carboxylic acids is 2. The van der Waals surface area contributed by atoms with Crippen molar-refractivity contribution in [3.05, 3.63) is 46.4 Å². The topological polar surface area (TPSA) is 80.8 Å². The molecule has 0 fully saturated rings. The first-order valence-corrected chi connectivity index (χ1v) is 13.4. The van der Waals surface area contributed by atoms with Crippen molar-refractivity contribution in [1.82, 2.24) is 9.88 Å². The van der Waals surface area contributed by atoms with Crippen LogP contribution in [0.4, 0.5) is 5.13 Å². The lowest BCUT2D eigenvalue weighted by Gasteiger charge is -2.20. The van der Waals surface area contributed by atoms with E-state index in [1.807, 2.05) is 30.2 Å². The van der Waals surface area contributed by atoms with Gasteiger partial charge in [0.15, 0.2) is 10.9 Å². The molecule has 1 aliphatic rings. The predicted molar refractivity (Wildman–Crippen MR) is 144 cm³/mol. The van der Waals surface area contributed by atoms with E-state index in [-0.39, 0.29) is 5.91 Å². The molecule has 0 spiro atoms. The van der Waals surface area contributed by atoms with Crippen LogP contribution in [0.1, 0.15) is 71.9 Å². The molecule has 0 radical (unpaired) electrons. The van der Waals surface area contributed by atoms with Crippen molar-refractivity contribution < 1.29 is 19.1 Å². The second-order valence-electron chi connectivity index (χ2n) is 8.55. The molecule has 1 aromatic rings. The van der Waals surface area contributed by atoms with Crippen molar-refractivity contribution in [3.8, 4) is 0 Å². The third-order valence-corrected chi connectivity index (χ3v) is 6.33. The maximum Gasteiger partial charge on any atom is 0.222 e. The zero-order valence-electron chi connectivity index (χ0n) is 22.3. The van der Waals surface area contributed by atoms with E-state index in [2.05, 4.69) is 43.2 Å². The number of amides is 2. The maximum atomic E-state index is 12.4. The molecule has 2 amide bonds. The Balaban J connectivity index is 0.000000566. The summed E-state index contributed by atoms with van der Waals surface area (Å²) in [6.07, 6.45) is 12.1. The highest BCUT2D eigenvalue weighted by Crippen LogP contribution is 2.23. The van der Waals surface area contributed by atoms with E-state index < -0.39 is 0 Å². The Labute approximate surface area is 215 Å². The molecule has 1 aromatic heterocycles. The third-order valence-electron chi connectivity index (χ3n) is 5.43. The van der Waals surface area contributed by atoms with Crippen molar-refractivity contribution in [2.45, 2.75) is 73.1 Å². The Bertz CT molecular complexity index is 860. The number of ether oxygens (including phenoxy) is 2. The number of hydrogen-bond acceptors (Lipinski definition) is 6. The Morgan fingerprint density at radius 1 is 1.31 bits per heavy atom. The molecule has 0 aliphatic heterocycles. The van der Waals surface area contributed by atoms with E-state index in [1.54, 1.807) is 7.11 Å². The number of methoxy groups -OCH3 is 1. The first-order valence-electron chi connectivity index (χ1n) is 12.5. The lowest BCUT2D eigenvalue weighted by molar-refractivity contribution is -0.131. The van der Waals surface area contributed by atoms with Crippen LogP contribution in [0.3, 0.4) is 0 Å². The van der Waals surface area contributed by atoms with Crippen molar-refractivity contribution in [2.75, 3.05) is 32.1 Å². The van der Waals surface area contributed by atoms with Gasteiger partial charge in [0.25, 0.3) is 0 Å². The van der Waals surface area contributed by atoms with Gasteiger partial charge in [-0.1, -0.05) is 39.3 Å². The van der Waals surface area contributed by atoms with Crippen LogP contribution in [-0.2, 0) is 19.1 Å². The number of nitrogens with one attached hydrogen (secondary N) is 1. The molecule has 0 saturated heterocycles. The SMILES string of the molecule is CCCC(C)COC1=C(OC)CC=CC(CCC(=O)N(CC)CCC)=C1.Cc1csc(NC=O)n1. The summed E-state index contributed by atoms with van der Waals surface area (Å²) in [4.78, 5) is 28.1. The van der Waals surface area contributed by atoms with Crippen molar-refractivity contribution in [1.29, 1.82) is 0 Å². The summed E-state index contributed by atoms with van der Waals surface area (Å²) in [5.41, 5.74) is 2.06. The van der Waals surface area contributed by atoms with Crippen LogP contribution >= 0.6 is 11.3 Å². The Morgan fingerprint density at radius 2 is 2.09 bits per heavy atom. The summed E-state index contributed by atoms with van der Waals surface area (Å²) in [6.45, 7) is 12.7. The minimum Gasteiger partial charge on any atom is -0.497 e. The molecule has 0 aromatic carbocycles. The number of allylic oxidation sites excluding steroid dienone is 4. The number of rotatable bonds is 14. The highest BCUT2D eigenvalue weighted by atomic mass is 32.1. The molecule has 7 nitrogen and oxygen atoms in total. The molecule has 1 aliphatic carbocycles. The van der Waals surface area contributed by atoms with E-state index in [9.17, 15) is 9.59 Å². The smallest absolute Gasteiger partial charge is 0.222 e. The normalized spacial score (nSPS) is 13.7. The zero-order valence-corrected chi connectivity index (χ0v) is 23.1. The quantitative estimate of drug-likeness (QED) is 0.303. The molecule has 1 atom stereocenters. The molecule has 0 bridgehead atoms. The molecule has 2 rings (SSSR count). The van der Waals surface area contributed by atoms with E-state index in [0.717, 1.165) is 68.0 Å². The van der Waals surface area contributed by atoms with Crippen molar-refractivity contribution in [3.63, 3.8) is 0 Å². The Kier molecular flexibility index (Phi) is 15.4. The molecule has 1 heterocycles. The monoisotopic (exact) mass is 505 g/mol. The minimum atomic E-state index is 0.225. The fourth-order valence-corrected chi connectivity index (χ4v) is 4.24. The van der Waals surface area contributed by atoms with Gasteiger partial charge in [-0.15, -0.1) is 11.3 Å². The maximum absolute atomic E-state index is 12.4. The van der Waals surface area contributed by atoms with Crippen LogP contribution in [0.5, 0.6) is 0 Å². The Hall–Kier alpha value is -2.61. The van der Waals surface area contributed by atoms with Gasteiger partial charge in [-0.2, -0.15) is 0 Å². The minimum absolute atomic E-state index is 0.225. The first-order chi connectivity index (χ1) is 16.9. The predicted octanol–water partition coefficient (Wildman–Crippen LogP) is 6.24. The van der Waals surface area contributed by atoms with E-state index in [4.69, 9.17) is 9.47 Å². The van der Waals surface area contributed by atoms with E-state index >= 15 is 0 Å². The molecule has 196 valence electrons. The number of carbonyl (C=O) groups is 2. The van der Waals surface area contributed by atoms with E-state index in [0.29, 0.717) is 30.5 Å². The number of anilines is 1. The van der Waals surface area contributed by atoms with Crippen LogP contribution in [-0.4, -0.2) is 49.0 Å². The first kappa shape index (κ1) is 30.4. The Morgan fingerprint density at radius 3 is 2.66 bits per heavy atom. The molecule has 8 heteroatoms. The second kappa shape index (κ2) is 17.8. The van der Waals surface area contributed by atoms with Gasteiger partial charge >= 0.3 is 0 Å². The number of aromatic nitrogens is 1. The summed E-state index contributed by atoms with van der Waals surface area (Å²) in [6, 6.07) is 0. The standard InChI is InChI=1S/C22H37NO3.C5H6N2OS/c1-6-10-18(4)17-26-21-16-19(11-9-12-20(21)25-5)13-14-22(24)23(8-3)15-7-2;1-4-2-9-5(7-4)6-3-8/h9,11,16,18H,6-8,10,12-15,17H2,1-5H3;2-3H,1H3,(H,6,7,8). The molecular weight excluding hydrogens is 462 g/mol. The molecule has 1 unspecified atom stereocenters. The molecule has 35 heavy (non-hydrogen) atoms. The summed E-state index contributed by atoms with van der Waals surface area (Å²) in [7, 11) is 1.69. The summed E-state index contributed by atoms with van der Waals surface area (Å²) in [5.74, 6) is 2.41. The van der Waals surface area contributed by atoms with Gasteiger partial charge in [0.05, 0.1) is 19.4 Å². The van der Waals surface area contributed by atoms with Crippen LogP contribution < -0.4 is 5.32 Å². The molecular formula is C27H43N3O4S. The molecule has 1 N–H and O–H groups in total. The summed E-state index contributed by atoms with van der Waals surface area (Å²) >= 11 is 1.42.